The molecule has 0 aromatic heterocycles. The maximum absolute atomic E-state index is 11.8. The second kappa shape index (κ2) is 8.87. The summed E-state index contributed by atoms with van der Waals surface area (Å²) >= 11 is 0. The highest BCUT2D eigenvalue weighted by atomic mass is 16.5. The Morgan fingerprint density at radius 1 is 1.21 bits per heavy atom. The van der Waals surface area contributed by atoms with Crippen molar-refractivity contribution in [2.75, 3.05) is 39.3 Å². The highest BCUT2D eigenvalue weighted by Crippen LogP contribution is 2.10. The van der Waals surface area contributed by atoms with Gasteiger partial charge in [-0.3, -0.25) is 14.5 Å². The standard InChI is InChI=1S/C13H25N3O3/c1-3-14-12(17)9-16(4-2)10-13(18)15-8-11-6-5-7-19-11/h11H,3-10H2,1-2H3,(H,14,17)(H,15,18). The molecule has 6 heteroatoms. The first-order valence-corrected chi connectivity index (χ1v) is 7.03. The molecule has 2 amide bonds. The second-order valence-electron chi connectivity index (χ2n) is 4.70. The van der Waals surface area contributed by atoms with Gasteiger partial charge in [0.15, 0.2) is 0 Å². The number of carbonyl (C=O) groups excluding carboxylic acids is 2. The number of nitrogens with one attached hydrogen (secondary N) is 2. The van der Waals surface area contributed by atoms with Crippen LogP contribution in [-0.2, 0) is 14.3 Å². The third kappa shape index (κ3) is 6.54. The fraction of sp³-hybridized carbons (Fsp3) is 0.846. The maximum Gasteiger partial charge on any atom is 0.234 e. The number of amides is 2. The van der Waals surface area contributed by atoms with Gasteiger partial charge >= 0.3 is 0 Å². The van der Waals surface area contributed by atoms with E-state index in [2.05, 4.69) is 10.6 Å². The van der Waals surface area contributed by atoms with Crippen LogP contribution >= 0.6 is 0 Å². The van der Waals surface area contributed by atoms with Crippen molar-refractivity contribution in [3.05, 3.63) is 0 Å². The van der Waals surface area contributed by atoms with Gasteiger partial charge in [0.25, 0.3) is 0 Å². The number of hydrogen-bond donors (Lipinski definition) is 2. The Morgan fingerprint density at radius 3 is 2.42 bits per heavy atom. The Kier molecular flexibility index (Phi) is 7.43. The normalized spacial score (nSPS) is 18.6. The van der Waals surface area contributed by atoms with Crippen molar-refractivity contribution in [2.24, 2.45) is 0 Å². The van der Waals surface area contributed by atoms with Gasteiger partial charge < -0.3 is 15.4 Å². The van der Waals surface area contributed by atoms with Crippen molar-refractivity contribution >= 4 is 11.8 Å². The van der Waals surface area contributed by atoms with E-state index in [1.807, 2.05) is 18.7 Å². The summed E-state index contributed by atoms with van der Waals surface area (Å²) < 4.78 is 5.44. The van der Waals surface area contributed by atoms with Gasteiger partial charge in [-0.25, -0.2) is 0 Å². The molecule has 0 saturated carbocycles. The number of likely N-dealkylation sites (N-methyl/N-ethyl adjacent to an activating group) is 2. The lowest BCUT2D eigenvalue weighted by molar-refractivity contribution is -0.125. The van der Waals surface area contributed by atoms with Gasteiger partial charge in [-0.1, -0.05) is 6.92 Å². The number of hydrogen-bond acceptors (Lipinski definition) is 4. The summed E-state index contributed by atoms with van der Waals surface area (Å²) in [4.78, 5) is 25.0. The minimum Gasteiger partial charge on any atom is -0.376 e. The number of nitrogens with zero attached hydrogens (tertiary/aromatic N) is 1. The number of ether oxygens (including phenoxy) is 1. The Labute approximate surface area is 114 Å². The van der Waals surface area contributed by atoms with Crippen molar-refractivity contribution in [1.29, 1.82) is 0 Å². The molecule has 0 aromatic carbocycles. The molecule has 0 spiro atoms. The molecule has 1 heterocycles. The van der Waals surface area contributed by atoms with Crippen LogP contribution in [0.25, 0.3) is 0 Å². The quantitative estimate of drug-likeness (QED) is 0.638. The van der Waals surface area contributed by atoms with Crippen LogP contribution in [-0.4, -0.2) is 62.1 Å². The smallest absolute Gasteiger partial charge is 0.234 e. The van der Waals surface area contributed by atoms with Gasteiger partial charge in [-0.15, -0.1) is 0 Å². The van der Waals surface area contributed by atoms with E-state index in [0.717, 1.165) is 19.4 Å². The summed E-state index contributed by atoms with van der Waals surface area (Å²) in [5, 5.41) is 5.59. The first-order chi connectivity index (χ1) is 9.15. The zero-order valence-electron chi connectivity index (χ0n) is 11.9. The van der Waals surface area contributed by atoms with Gasteiger partial charge in [-0.05, 0) is 26.3 Å². The lowest BCUT2D eigenvalue weighted by atomic mass is 10.2. The number of carbonyl (C=O) groups is 2. The molecule has 0 aliphatic carbocycles. The van der Waals surface area contributed by atoms with E-state index in [-0.39, 0.29) is 31.0 Å². The SMILES string of the molecule is CCNC(=O)CN(CC)CC(=O)NCC1CCCO1. The van der Waals surface area contributed by atoms with Crippen molar-refractivity contribution in [1.82, 2.24) is 15.5 Å². The molecule has 1 rings (SSSR count). The third-order valence-electron chi connectivity index (χ3n) is 3.11. The monoisotopic (exact) mass is 271 g/mol. The summed E-state index contributed by atoms with van der Waals surface area (Å²) in [7, 11) is 0. The third-order valence-corrected chi connectivity index (χ3v) is 3.11. The molecule has 0 bridgehead atoms. The summed E-state index contributed by atoms with van der Waals surface area (Å²) in [6, 6.07) is 0. The fourth-order valence-electron chi connectivity index (χ4n) is 2.03. The van der Waals surface area contributed by atoms with Crippen LogP contribution in [0.1, 0.15) is 26.7 Å². The average Bonchev–Trinajstić information content (AvgIpc) is 2.89. The van der Waals surface area contributed by atoms with Gasteiger partial charge in [-0.2, -0.15) is 0 Å². The second-order valence-corrected chi connectivity index (χ2v) is 4.70. The molecule has 1 aliphatic rings. The van der Waals surface area contributed by atoms with Crippen molar-refractivity contribution in [2.45, 2.75) is 32.8 Å². The van der Waals surface area contributed by atoms with E-state index >= 15 is 0 Å². The summed E-state index contributed by atoms with van der Waals surface area (Å²) in [6.07, 6.45) is 2.23. The summed E-state index contributed by atoms with van der Waals surface area (Å²) in [5.41, 5.74) is 0. The largest absolute Gasteiger partial charge is 0.376 e. The van der Waals surface area contributed by atoms with E-state index < -0.39 is 0 Å². The maximum atomic E-state index is 11.8. The molecule has 0 aromatic rings. The van der Waals surface area contributed by atoms with Crippen molar-refractivity contribution in [3.63, 3.8) is 0 Å². The van der Waals surface area contributed by atoms with Crippen LogP contribution in [0, 0.1) is 0 Å². The molecular formula is C13H25N3O3. The van der Waals surface area contributed by atoms with Crippen LogP contribution in [0.2, 0.25) is 0 Å². The molecule has 110 valence electrons. The average molecular weight is 271 g/mol. The van der Waals surface area contributed by atoms with E-state index in [1.165, 1.54) is 0 Å². The molecule has 0 radical (unpaired) electrons. The van der Waals surface area contributed by atoms with Gasteiger partial charge in [0.1, 0.15) is 0 Å². The van der Waals surface area contributed by atoms with Crippen molar-refractivity contribution in [3.8, 4) is 0 Å². The Balaban J connectivity index is 2.21. The lowest BCUT2D eigenvalue weighted by Gasteiger charge is -2.19. The summed E-state index contributed by atoms with van der Waals surface area (Å²) in [6.45, 7) is 6.97. The van der Waals surface area contributed by atoms with Crippen LogP contribution < -0.4 is 10.6 Å². The van der Waals surface area contributed by atoms with Gasteiger partial charge in [0.2, 0.25) is 11.8 Å². The molecule has 1 saturated heterocycles. The molecule has 2 N–H and O–H groups in total. The van der Waals surface area contributed by atoms with Crippen LogP contribution in [0.5, 0.6) is 0 Å². The highest BCUT2D eigenvalue weighted by Gasteiger charge is 2.17. The van der Waals surface area contributed by atoms with Crippen molar-refractivity contribution < 1.29 is 14.3 Å². The van der Waals surface area contributed by atoms with Crippen LogP contribution in [0.4, 0.5) is 0 Å². The molecule has 6 nitrogen and oxygen atoms in total. The topological polar surface area (TPSA) is 70.7 Å². The van der Waals surface area contributed by atoms with E-state index in [1.54, 1.807) is 0 Å². The zero-order chi connectivity index (χ0) is 14.1. The predicted octanol–water partition coefficient (Wildman–Crippen LogP) is -0.260. The first-order valence-electron chi connectivity index (χ1n) is 7.03. The number of rotatable bonds is 8. The van der Waals surface area contributed by atoms with Crippen LogP contribution in [0.3, 0.4) is 0 Å². The molecule has 1 fully saturated rings. The summed E-state index contributed by atoms with van der Waals surface area (Å²) in [5.74, 6) is -0.0991. The Bertz CT molecular complexity index is 291. The molecule has 1 atom stereocenters. The van der Waals surface area contributed by atoms with E-state index in [0.29, 0.717) is 19.6 Å². The van der Waals surface area contributed by atoms with E-state index in [9.17, 15) is 9.59 Å². The molecule has 1 aliphatic heterocycles. The minimum atomic E-state index is -0.0540. The first kappa shape index (κ1) is 15.9. The molecule has 19 heavy (non-hydrogen) atoms. The molecular weight excluding hydrogens is 246 g/mol. The minimum absolute atomic E-state index is 0.0451. The predicted molar refractivity (Wildman–Crippen MR) is 72.8 cm³/mol. The zero-order valence-corrected chi connectivity index (χ0v) is 11.9. The fourth-order valence-corrected chi connectivity index (χ4v) is 2.03. The van der Waals surface area contributed by atoms with Crippen LogP contribution in [0.15, 0.2) is 0 Å². The Hall–Kier alpha value is -1.14. The highest BCUT2D eigenvalue weighted by molar-refractivity contribution is 5.81. The molecule has 1 unspecified atom stereocenters. The lowest BCUT2D eigenvalue weighted by Crippen LogP contribution is -2.44. The Morgan fingerprint density at radius 2 is 1.89 bits per heavy atom. The van der Waals surface area contributed by atoms with E-state index in [4.69, 9.17) is 4.74 Å². The van der Waals surface area contributed by atoms with Gasteiger partial charge in [0, 0.05) is 19.7 Å². The van der Waals surface area contributed by atoms with Gasteiger partial charge in [0.05, 0.1) is 19.2 Å².